The van der Waals surface area contributed by atoms with Crippen LogP contribution in [0.4, 0.5) is 11.4 Å². The number of rotatable bonds is 7. The van der Waals surface area contributed by atoms with E-state index in [1.165, 1.54) is 11.4 Å². The van der Waals surface area contributed by atoms with Gasteiger partial charge in [0.05, 0.1) is 10.6 Å². The number of nitrogens with one attached hydrogen (secondary N) is 1. The van der Waals surface area contributed by atoms with E-state index >= 15 is 0 Å². The van der Waals surface area contributed by atoms with E-state index in [1.54, 1.807) is 78.9 Å². The van der Waals surface area contributed by atoms with Crippen LogP contribution in [0.15, 0.2) is 114 Å². The third kappa shape index (κ3) is 5.22. The Kier molecular flexibility index (Phi) is 6.42. The van der Waals surface area contributed by atoms with Crippen molar-refractivity contribution in [1.29, 1.82) is 0 Å². The topological polar surface area (TPSA) is 75.7 Å². The first-order valence-electron chi connectivity index (χ1n) is 10.2. The van der Waals surface area contributed by atoms with E-state index < -0.39 is 10.0 Å². The summed E-state index contributed by atoms with van der Waals surface area (Å²) in [5.41, 5.74) is 1.49. The van der Waals surface area contributed by atoms with Crippen molar-refractivity contribution >= 4 is 27.3 Å². The molecule has 0 spiro atoms. The van der Waals surface area contributed by atoms with Crippen molar-refractivity contribution in [3.05, 3.63) is 115 Å². The van der Waals surface area contributed by atoms with Gasteiger partial charge >= 0.3 is 0 Å². The van der Waals surface area contributed by atoms with E-state index in [9.17, 15) is 13.2 Å². The number of benzene rings is 4. The third-order valence-electron chi connectivity index (χ3n) is 4.99. The van der Waals surface area contributed by atoms with Crippen LogP contribution in [0.1, 0.15) is 10.4 Å². The molecule has 0 bridgehead atoms. The number of ether oxygens (including phenoxy) is 1. The normalized spacial score (nSPS) is 10.9. The van der Waals surface area contributed by atoms with Crippen molar-refractivity contribution in [2.24, 2.45) is 0 Å². The number of para-hydroxylation sites is 1. The Morgan fingerprint density at radius 2 is 1.27 bits per heavy atom. The molecule has 0 saturated carbocycles. The average Bonchev–Trinajstić information content (AvgIpc) is 2.86. The number of hydrogen-bond donors (Lipinski definition) is 1. The lowest BCUT2D eigenvalue weighted by Gasteiger charge is -2.19. The molecule has 0 unspecified atom stereocenters. The Balaban J connectivity index is 1.41. The number of carbonyl (C=O) groups excluding carboxylic acids is 1. The van der Waals surface area contributed by atoms with Gasteiger partial charge in [0.15, 0.2) is 0 Å². The lowest BCUT2D eigenvalue weighted by atomic mass is 10.2. The Morgan fingerprint density at radius 1 is 0.727 bits per heavy atom. The standard InChI is InChI=1S/C26H22N2O4S/c1-28(33(30,31)25-10-6-3-7-11-25)22-16-12-20(13-17-22)26(29)27-21-14-18-24(19-15-21)32-23-8-4-2-5-9-23/h2-19H,1H3,(H,27,29). The van der Waals surface area contributed by atoms with Crippen LogP contribution < -0.4 is 14.4 Å². The molecule has 6 nitrogen and oxygen atoms in total. The minimum atomic E-state index is -3.68. The molecule has 0 aromatic heterocycles. The second-order valence-electron chi connectivity index (χ2n) is 7.23. The maximum absolute atomic E-state index is 12.8. The van der Waals surface area contributed by atoms with Gasteiger partial charge in [0, 0.05) is 18.3 Å². The van der Waals surface area contributed by atoms with E-state index in [0.717, 1.165) is 5.75 Å². The van der Waals surface area contributed by atoms with E-state index in [-0.39, 0.29) is 10.8 Å². The summed E-state index contributed by atoms with van der Waals surface area (Å²) < 4.78 is 32.5. The fourth-order valence-corrected chi connectivity index (χ4v) is 4.36. The molecule has 166 valence electrons. The monoisotopic (exact) mass is 458 g/mol. The van der Waals surface area contributed by atoms with Gasteiger partial charge in [-0.05, 0) is 72.8 Å². The summed E-state index contributed by atoms with van der Waals surface area (Å²) in [6.07, 6.45) is 0. The van der Waals surface area contributed by atoms with Gasteiger partial charge in [0.1, 0.15) is 11.5 Å². The molecule has 1 amide bonds. The molecule has 0 aliphatic heterocycles. The summed E-state index contributed by atoms with van der Waals surface area (Å²) in [6.45, 7) is 0. The van der Waals surface area contributed by atoms with Crippen LogP contribution >= 0.6 is 0 Å². The van der Waals surface area contributed by atoms with Crippen LogP contribution in [0.25, 0.3) is 0 Å². The lowest BCUT2D eigenvalue weighted by Crippen LogP contribution is -2.26. The molecule has 0 fully saturated rings. The van der Waals surface area contributed by atoms with Gasteiger partial charge in [0.25, 0.3) is 15.9 Å². The number of hydrogen-bond acceptors (Lipinski definition) is 4. The van der Waals surface area contributed by atoms with Crippen molar-refractivity contribution in [3.63, 3.8) is 0 Å². The Labute approximate surface area is 193 Å². The van der Waals surface area contributed by atoms with Crippen LogP contribution in [0.2, 0.25) is 0 Å². The Bertz CT molecular complexity index is 1320. The van der Waals surface area contributed by atoms with E-state index in [1.807, 2.05) is 30.3 Å². The molecule has 33 heavy (non-hydrogen) atoms. The summed E-state index contributed by atoms with van der Waals surface area (Å²) in [4.78, 5) is 12.8. The number of amides is 1. The fraction of sp³-hybridized carbons (Fsp3) is 0.0385. The first-order chi connectivity index (χ1) is 15.9. The lowest BCUT2D eigenvalue weighted by molar-refractivity contribution is 0.102. The van der Waals surface area contributed by atoms with Crippen LogP contribution in [-0.4, -0.2) is 21.4 Å². The van der Waals surface area contributed by atoms with E-state index in [2.05, 4.69) is 5.32 Å². The smallest absolute Gasteiger partial charge is 0.264 e. The van der Waals surface area contributed by atoms with Gasteiger partial charge in [-0.3, -0.25) is 9.10 Å². The zero-order valence-electron chi connectivity index (χ0n) is 17.9. The summed E-state index contributed by atoms with van der Waals surface area (Å²) in [7, 11) is -2.20. The van der Waals surface area contributed by atoms with Gasteiger partial charge < -0.3 is 10.1 Å². The Hall–Kier alpha value is -4.10. The molecule has 0 radical (unpaired) electrons. The predicted octanol–water partition coefficient (Wildman–Crippen LogP) is 5.56. The molecule has 4 rings (SSSR count). The van der Waals surface area contributed by atoms with Crippen molar-refractivity contribution in [2.75, 3.05) is 16.7 Å². The largest absolute Gasteiger partial charge is 0.457 e. The highest BCUT2D eigenvalue weighted by atomic mass is 32.2. The molecule has 0 heterocycles. The summed E-state index contributed by atoms with van der Waals surface area (Å²) in [6, 6.07) is 31.1. The quantitative estimate of drug-likeness (QED) is 0.394. The van der Waals surface area contributed by atoms with Gasteiger partial charge in [-0.1, -0.05) is 36.4 Å². The highest BCUT2D eigenvalue weighted by molar-refractivity contribution is 7.92. The van der Waals surface area contributed by atoms with Gasteiger partial charge in [0.2, 0.25) is 0 Å². The van der Waals surface area contributed by atoms with Crippen molar-refractivity contribution in [2.45, 2.75) is 4.90 Å². The molecule has 0 aliphatic rings. The second kappa shape index (κ2) is 9.58. The molecule has 4 aromatic carbocycles. The van der Waals surface area contributed by atoms with Crippen LogP contribution in [0.3, 0.4) is 0 Å². The maximum atomic E-state index is 12.8. The molecular formula is C26H22N2O4S. The molecule has 0 aliphatic carbocycles. The molecule has 0 atom stereocenters. The number of carbonyl (C=O) groups is 1. The minimum absolute atomic E-state index is 0.203. The van der Waals surface area contributed by atoms with Gasteiger partial charge in [-0.25, -0.2) is 8.42 Å². The zero-order chi connectivity index (χ0) is 23.3. The molecule has 4 aromatic rings. The van der Waals surface area contributed by atoms with Gasteiger partial charge in [-0.15, -0.1) is 0 Å². The summed E-state index contributed by atoms with van der Waals surface area (Å²) >= 11 is 0. The maximum Gasteiger partial charge on any atom is 0.264 e. The van der Waals surface area contributed by atoms with Crippen molar-refractivity contribution in [3.8, 4) is 11.5 Å². The number of anilines is 2. The Morgan fingerprint density at radius 3 is 1.88 bits per heavy atom. The highest BCUT2D eigenvalue weighted by Gasteiger charge is 2.21. The fourth-order valence-electron chi connectivity index (χ4n) is 3.15. The van der Waals surface area contributed by atoms with Crippen LogP contribution in [0.5, 0.6) is 11.5 Å². The van der Waals surface area contributed by atoms with Crippen LogP contribution in [-0.2, 0) is 10.0 Å². The average molecular weight is 459 g/mol. The van der Waals surface area contributed by atoms with E-state index in [0.29, 0.717) is 22.7 Å². The SMILES string of the molecule is CN(c1ccc(C(=O)Nc2ccc(Oc3ccccc3)cc2)cc1)S(=O)(=O)c1ccccc1. The van der Waals surface area contributed by atoms with Crippen molar-refractivity contribution in [1.82, 2.24) is 0 Å². The van der Waals surface area contributed by atoms with Gasteiger partial charge in [-0.2, -0.15) is 0 Å². The van der Waals surface area contributed by atoms with Crippen molar-refractivity contribution < 1.29 is 17.9 Å². The second-order valence-corrected chi connectivity index (χ2v) is 9.20. The van der Waals surface area contributed by atoms with E-state index in [4.69, 9.17) is 4.74 Å². The molecule has 1 N–H and O–H groups in total. The first kappa shape index (κ1) is 22.1. The number of sulfonamides is 1. The molecule has 0 saturated heterocycles. The molecular weight excluding hydrogens is 436 g/mol. The third-order valence-corrected chi connectivity index (χ3v) is 6.79. The zero-order valence-corrected chi connectivity index (χ0v) is 18.7. The summed E-state index contributed by atoms with van der Waals surface area (Å²) in [5, 5.41) is 2.83. The number of nitrogens with zero attached hydrogens (tertiary/aromatic N) is 1. The first-order valence-corrected chi connectivity index (χ1v) is 11.7. The minimum Gasteiger partial charge on any atom is -0.457 e. The highest BCUT2D eigenvalue weighted by Crippen LogP contribution is 2.24. The summed E-state index contributed by atoms with van der Waals surface area (Å²) in [5.74, 6) is 1.09. The predicted molar refractivity (Wildman–Crippen MR) is 129 cm³/mol. The molecule has 7 heteroatoms. The van der Waals surface area contributed by atoms with Crippen LogP contribution in [0, 0.1) is 0 Å².